The molecule has 1 aliphatic rings. The number of rotatable bonds is 5. The molecular weight excluding hydrogens is 160 g/mol. The van der Waals surface area contributed by atoms with E-state index < -0.39 is 0 Å². The molecular formula is C12H24O. The van der Waals surface area contributed by atoms with Crippen molar-refractivity contribution in [3.8, 4) is 0 Å². The first kappa shape index (κ1) is 11.0. The van der Waals surface area contributed by atoms with Gasteiger partial charge in [-0.3, -0.25) is 0 Å². The van der Waals surface area contributed by atoms with Crippen molar-refractivity contribution in [3.05, 3.63) is 0 Å². The third-order valence-corrected chi connectivity index (χ3v) is 3.10. The molecule has 0 heterocycles. The maximum absolute atomic E-state index is 5.69. The molecule has 13 heavy (non-hydrogen) atoms. The second-order valence-electron chi connectivity index (χ2n) is 4.25. The van der Waals surface area contributed by atoms with E-state index in [9.17, 15) is 0 Å². The molecule has 1 aliphatic carbocycles. The maximum Gasteiger partial charge on any atom is 0.0577 e. The van der Waals surface area contributed by atoms with Crippen LogP contribution in [-0.4, -0.2) is 12.7 Å². The van der Waals surface area contributed by atoms with Gasteiger partial charge in [0, 0.05) is 6.61 Å². The molecule has 0 amide bonds. The van der Waals surface area contributed by atoms with Crippen molar-refractivity contribution in [2.75, 3.05) is 6.61 Å². The monoisotopic (exact) mass is 184 g/mol. The molecule has 1 nitrogen and oxygen atoms in total. The Morgan fingerprint density at radius 3 is 2.77 bits per heavy atom. The molecule has 0 bridgehead atoms. The highest BCUT2D eigenvalue weighted by Gasteiger charge is 2.21. The van der Waals surface area contributed by atoms with E-state index in [0.29, 0.717) is 6.10 Å². The van der Waals surface area contributed by atoms with E-state index in [4.69, 9.17) is 4.74 Å². The molecule has 0 spiro atoms. The lowest BCUT2D eigenvalue weighted by Gasteiger charge is -2.28. The highest BCUT2D eigenvalue weighted by Crippen LogP contribution is 2.29. The van der Waals surface area contributed by atoms with Crippen molar-refractivity contribution in [1.82, 2.24) is 0 Å². The van der Waals surface area contributed by atoms with E-state index in [1.807, 2.05) is 0 Å². The van der Waals surface area contributed by atoms with Crippen LogP contribution < -0.4 is 0 Å². The summed E-state index contributed by atoms with van der Waals surface area (Å²) in [5.74, 6) is 0.963. The molecule has 2 atom stereocenters. The van der Waals surface area contributed by atoms with Crippen LogP contribution in [0.2, 0.25) is 0 Å². The predicted octanol–water partition coefficient (Wildman–Crippen LogP) is 3.77. The van der Waals surface area contributed by atoms with Crippen LogP contribution in [0.25, 0.3) is 0 Å². The average molecular weight is 184 g/mol. The minimum absolute atomic E-state index is 0.584. The number of hydrogen-bond acceptors (Lipinski definition) is 1. The number of ether oxygens (including phenoxy) is 1. The molecule has 0 aromatic carbocycles. The van der Waals surface area contributed by atoms with Crippen LogP contribution in [0.15, 0.2) is 0 Å². The lowest BCUT2D eigenvalue weighted by Crippen LogP contribution is -2.22. The molecule has 0 N–H and O–H groups in total. The van der Waals surface area contributed by atoms with Gasteiger partial charge in [-0.2, -0.15) is 0 Å². The molecule has 2 unspecified atom stereocenters. The third kappa shape index (κ3) is 4.12. The molecule has 78 valence electrons. The van der Waals surface area contributed by atoms with E-state index in [0.717, 1.165) is 12.5 Å². The summed E-state index contributed by atoms with van der Waals surface area (Å²) in [7, 11) is 0. The molecule has 1 fully saturated rings. The van der Waals surface area contributed by atoms with Crippen molar-refractivity contribution in [3.63, 3.8) is 0 Å². The molecule has 0 saturated heterocycles. The van der Waals surface area contributed by atoms with Gasteiger partial charge in [-0.15, -0.1) is 0 Å². The smallest absolute Gasteiger partial charge is 0.0577 e. The molecule has 0 radical (unpaired) electrons. The van der Waals surface area contributed by atoms with Gasteiger partial charge in [0.15, 0.2) is 0 Å². The highest BCUT2D eigenvalue weighted by atomic mass is 16.5. The molecule has 1 heteroatoms. The summed E-state index contributed by atoms with van der Waals surface area (Å²) in [5, 5.41) is 0. The lowest BCUT2D eigenvalue weighted by atomic mass is 9.84. The Morgan fingerprint density at radius 2 is 2.08 bits per heavy atom. The first-order valence-electron chi connectivity index (χ1n) is 5.98. The quantitative estimate of drug-likeness (QED) is 0.632. The van der Waals surface area contributed by atoms with Crippen LogP contribution in [0.5, 0.6) is 0 Å². The van der Waals surface area contributed by atoms with Gasteiger partial charge in [-0.1, -0.05) is 39.0 Å². The van der Waals surface area contributed by atoms with Crippen molar-refractivity contribution in [2.45, 2.75) is 64.9 Å². The van der Waals surface area contributed by atoms with Crippen molar-refractivity contribution in [1.29, 1.82) is 0 Å². The lowest BCUT2D eigenvalue weighted by molar-refractivity contribution is 0.0188. The first-order valence-corrected chi connectivity index (χ1v) is 5.98. The fourth-order valence-corrected chi connectivity index (χ4v) is 2.38. The van der Waals surface area contributed by atoms with Crippen LogP contribution in [0, 0.1) is 5.92 Å². The Labute approximate surface area is 82.9 Å². The summed E-state index contributed by atoms with van der Waals surface area (Å²) < 4.78 is 5.69. The highest BCUT2D eigenvalue weighted by molar-refractivity contribution is 4.73. The van der Waals surface area contributed by atoms with E-state index in [1.165, 1.54) is 44.9 Å². The standard InChI is InChI=1S/C12H24O/c1-3-5-7-11-8-6-9-12(10-11)13-4-2/h11-12H,3-10H2,1-2H3. The van der Waals surface area contributed by atoms with Crippen LogP contribution in [-0.2, 0) is 4.74 Å². The third-order valence-electron chi connectivity index (χ3n) is 3.10. The normalized spacial score (nSPS) is 29.1. The first-order chi connectivity index (χ1) is 6.36. The number of hydrogen-bond donors (Lipinski definition) is 0. The zero-order valence-corrected chi connectivity index (χ0v) is 9.22. The topological polar surface area (TPSA) is 9.23 Å². The predicted molar refractivity (Wildman–Crippen MR) is 56.9 cm³/mol. The minimum Gasteiger partial charge on any atom is -0.378 e. The molecule has 0 aliphatic heterocycles. The average Bonchev–Trinajstić information content (AvgIpc) is 2.16. The Morgan fingerprint density at radius 1 is 1.23 bits per heavy atom. The van der Waals surface area contributed by atoms with Gasteiger partial charge in [0.25, 0.3) is 0 Å². The van der Waals surface area contributed by atoms with Gasteiger partial charge < -0.3 is 4.74 Å². The van der Waals surface area contributed by atoms with Crippen LogP contribution in [0.4, 0.5) is 0 Å². The van der Waals surface area contributed by atoms with Crippen molar-refractivity contribution >= 4 is 0 Å². The second-order valence-corrected chi connectivity index (χ2v) is 4.25. The SMILES string of the molecule is CCCCC1CCCC(OCC)C1. The van der Waals surface area contributed by atoms with Gasteiger partial charge in [0.1, 0.15) is 0 Å². The van der Waals surface area contributed by atoms with Gasteiger partial charge in [0.2, 0.25) is 0 Å². The summed E-state index contributed by atoms with van der Waals surface area (Å²) in [5.41, 5.74) is 0. The van der Waals surface area contributed by atoms with Crippen LogP contribution in [0.3, 0.4) is 0 Å². The molecule has 0 aromatic heterocycles. The summed E-state index contributed by atoms with van der Waals surface area (Å²) in [6.45, 7) is 5.28. The Hall–Kier alpha value is -0.0400. The van der Waals surface area contributed by atoms with Crippen LogP contribution in [0.1, 0.15) is 58.8 Å². The summed E-state index contributed by atoms with van der Waals surface area (Å²) in [6.07, 6.45) is 10.2. The van der Waals surface area contributed by atoms with Gasteiger partial charge in [0.05, 0.1) is 6.10 Å². The van der Waals surface area contributed by atoms with Crippen LogP contribution >= 0.6 is 0 Å². The van der Waals surface area contributed by atoms with E-state index >= 15 is 0 Å². The molecule has 1 saturated carbocycles. The fourth-order valence-electron chi connectivity index (χ4n) is 2.38. The van der Waals surface area contributed by atoms with E-state index in [2.05, 4.69) is 13.8 Å². The largest absolute Gasteiger partial charge is 0.378 e. The summed E-state index contributed by atoms with van der Waals surface area (Å²) in [6, 6.07) is 0. The summed E-state index contributed by atoms with van der Waals surface area (Å²) >= 11 is 0. The van der Waals surface area contributed by atoms with E-state index in [-0.39, 0.29) is 0 Å². The van der Waals surface area contributed by atoms with Gasteiger partial charge >= 0.3 is 0 Å². The summed E-state index contributed by atoms with van der Waals surface area (Å²) in [4.78, 5) is 0. The fraction of sp³-hybridized carbons (Fsp3) is 1.00. The Balaban J connectivity index is 2.16. The Kier molecular flexibility index (Phi) is 5.45. The molecule has 1 rings (SSSR count). The Bertz CT molecular complexity index is 120. The zero-order chi connectivity index (χ0) is 9.52. The maximum atomic E-state index is 5.69. The zero-order valence-electron chi connectivity index (χ0n) is 9.22. The van der Waals surface area contributed by atoms with E-state index in [1.54, 1.807) is 0 Å². The number of unbranched alkanes of at least 4 members (excludes halogenated alkanes) is 1. The van der Waals surface area contributed by atoms with Crippen molar-refractivity contribution < 1.29 is 4.74 Å². The van der Waals surface area contributed by atoms with Gasteiger partial charge in [-0.25, -0.2) is 0 Å². The van der Waals surface area contributed by atoms with Gasteiger partial charge in [-0.05, 0) is 25.7 Å². The second kappa shape index (κ2) is 6.42. The van der Waals surface area contributed by atoms with Crippen molar-refractivity contribution in [2.24, 2.45) is 5.92 Å². The minimum atomic E-state index is 0.584. The molecule has 0 aromatic rings.